The summed E-state index contributed by atoms with van der Waals surface area (Å²) in [6.07, 6.45) is 1.69. The number of anilines is 1. The fraction of sp³-hybridized carbons (Fsp3) is 0.0769. The highest BCUT2D eigenvalue weighted by atomic mass is 16.5. The molecule has 0 spiro atoms. The lowest BCUT2D eigenvalue weighted by atomic mass is 10.0. The van der Waals surface area contributed by atoms with Gasteiger partial charge in [-0.25, -0.2) is 10.4 Å². The summed E-state index contributed by atoms with van der Waals surface area (Å²) < 4.78 is 10.6. The molecule has 0 bridgehead atoms. The molecule has 5 aromatic rings. The van der Waals surface area contributed by atoms with Gasteiger partial charge in [-0.3, -0.25) is 0 Å². The number of para-hydroxylation sites is 1. The number of nitrogens with one attached hydrogen (secondary N) is 2. The standard InChI is InChI=1S/C26H22N6O2/c1-33-21-11-7-17(8-12-21)24-25(18-9-13-22(34-2)14-10-18)30-32-26(29-24)31-27-16-20-15-19-5-3-4-6-23(19)28-20/h3-16,28H,1-2H3,(H,29,31,32)/b27-16+. The molecule has 0 aliphatic heterocycles. The van der Waals surface area contributed by atoms with Crippen molar-refractivity contribution in [1.29, 1.82) is 0 Å². The third-order valence-corrected chi connectivity index (χ3v) is 5.33. The average Bonchev–Trinajstić information content (AvgIpc) is 3.32. The van der Waals surface area contributed by atoms with Gasteiger partial charge in [0.2, 0.25) is 0 Å². The van der Waals surface area contributed by atoms with Crippen molar-refractivity contribution in [2.45, 2.75) is 0 Å². The first-order valence-corrected chi connectivity index (χ1v) is 10.6. The van der Waals surface area contributed by atoms with E-state index in [1.165, 1.54) is 0 Å². The number of hydrogen-bond acceptors (Lipinski definition) is 7. The summed E-state index contributed by atoms with van der Waals surface area (Å²) in [5.41, 5.74) is 7.88. The highest BCUT2D eigenvalue weighted by Crippen LogP contribution is 2.31. The Kier molecular flexibility index (Phi) is 5.85. The number of aromatic amines is 1. The zero-order valence-corrected chi connectivity index (χ0v) is 18.7. The Labute approximate surface area is 196 Å². The summed E-state index contributed by atoms with van der Waals surface area (Å²) in [4.78, 5) is 8.01. The van der Waals surface area contributed by atoms with Crippen LogP contribution in [0.15, 0.2) is 84.0 Å². The second-order valence-electron chi connectivity index (χ2n) is 7.47. The molecule has 5 rings (SSSR count). The van der Waals surface area contributed by atoms with E-state index >= 15 is 0 Å². The van der Waals surface area contributed by atoms with Crippen LogP contribution < -0.4 is 14.9 Å². The molecule has 3 aromatic carbocycles. The minimum atomic E-state index is 0.287. The first-order valence-electron chi connectivity index (χ1n) is 10.6. The van der Waals surface area contributed by atoms with Crippen molar-refractivity contribution in [2.24, 2.45) is 5.10 Å². The molecule has 0 aliphatic carbocycles. The lowest BCUT2D eigenvalue weighted by Gasteiger charge is -2.10. The zero-order valence-electron chi connectivity index (χ0n) is 18.7. The SMILES string of the molecule is COc1ccc(-c2nnc(N/N=C/c3cc4ccccc4[nH]3)nc2-c2ccc(OC)cc2)cc1. The number of benzene rings is 3. The number of ether oxygens (including phenoxy) is 2. The van der Waals surface area contributed by atoms with Crippen LogP contribution in [0.25, 0.3) is 33.4 Å². The molecule has 2 N–H and O–H groups in total. The van der Waals surface area contributed by atoms with Crippen LogP contribution in [0.5, 0.6) is 11.5 Å². The highest BCUT2D eigenvalue weighted by molar-refractivity contribution is 5.89. The molecular formula is C26H22N6O2. The number of H-pyrrole nitrogens is 1. The van der Waals surface area contributed by atoms with Crippen LogP contribution in [0, 0.1) is 0 Å². The number of hydrogen-bond donors (Lipinski definition) is 2. The molecule has 0 unspecified atom stereocenters. The summed E-state index contributed by atoms with van der Waals surface area (Å²) in [7, 11) is 3.27. The quantitative estimate of drug-likeness (QED) is 0.263. The molecule has 0 aliphatic rings. The van der Waals surface area contributed by atoms with Crippen molar-refractivity contribution in [3.8, 4) is 34.0 Å². The normalized spacial score (nSPS) is 11.1. The van der Waals surface area contributed by atoms with Gasteiger partial charge in [-0.15, -0.1) is 10.2 Å². The van der Waals surface area contributed by atoms with Gasteiger partial charge < -0.3 is 14.5 Å². The maximum absolute atomic E-state index is 5.29. The van der Waals surface area contributed by atoms with Crippen LogP contribution in [0.4, 0.5) is 5.95 Å². The van der Waals surface area contributed by atoms with E-state index in [-0.39, 0.29) is 5.95 Å². The van der Waals surface area contributed by atoms with Crippen molar-refractivity contribution in [3.63, 3.8) is 0 Å². The fourth-order valence-electron chi connectivity index (χ4n) is 3.59. The van der Waals surface area contributed by atoms with Gasteiger partial charge >= 0.3 is 0 Å². The Morgan fingerprint density at radius 3 is 2.09 bits per heavy atom. The third-order valence-electron chi connectivity index (χ3n) is 5.33. The van der Waals surface area contributed by atoms with Crippen molar-refractivity contribution >= 4 is 23.1 Å². The molecule has 34 heavy (non-hydrogen) atoms. The average molecular weight is 451 g/mol. The van der Waals surface area contributed by atoms with Crippen molar-refractivity contribution < 1.29 is 9.47 Å². The Hall–Kier alpha value is -4.72. The van der Waals surface area contributed by atoms with E-state index in [4.69, 9.17) is 14.5 Å². The predicted molar refractivity (Wildman–Crippen MR) is 133 cm³/mol. The molecule has 0 radical (unpaired) electrons. The molecule has 0 saturated carbocycles. The number of fused-ring (bicyclic) bond motifs is 1. The number of aromatic nitrogens is 4. The molecule has 168 valence electrons. The highest BCUT2D eigenvalue weighted by Gasteiger charge is 2.14. The van der Waals surface area contributed by atoms with Crippen molar-refractivity contribution in [3.05, 3.63) is 84.6 Å². The van der Waals surface area contributed by atoms with Gasteiger partial charge in [0.15, 0.2) is 0 Å². The molecule has 0 saturated heterocycles. The van der Waals surface area contributed by atoms with Crippen LogP contribution in [0.1, 0.15) is 5.69 Å². The maximum Gasteiger partial charge on any atom is 0.263 e. The van der Waals surface area contributed by atoms with Gasteiger partial charge in [-0.05, 0) is 60.7 Å². The number of hydrazone groups is 1. The Morgan fingerprint density at radius 1 is 0.794 bits per heavy atom. The van der Waals surface area contributed by atoms with Crippen LogP contribution in [-0.4, -0.2) is 40.6 Å². The van der Waals surface area contributed by atoms with Crippen molar-refractivity contribution in [1.82, 2.24) is 20.2 Å². The lowest BCUT2D eigenvalue weighted by Crippen LogP contribution is -2.03. The van der Waals surface area contributed by atoms with E-state index < -0.39 is 0 Å². The van der Waals surface area contributed by atoms with Gasteiger partial charge in [0.1, 0.15) is 22.9 Å². The molecule has 8 heteroatoms. The minimum absolute atomic E-state index is 0.287. The fourth-order valence-corrected chi connectivity index (χ4v) is 3.59. The second kappa shape index (κ2) is 9.41. The smallest absolute Gasteiger partial charge is 0.263 e. The van der Waals surface area contributed by atoms with E-state index in [1.54, 1.807) is 20.4 Å². The molecule has 0 atom stereocenters. The molecule has 8 nitrogen and oxygen atoms in total. The van der Waals surface area contributed by atoms with E-state index in [0.717, 1.165) is 39.2 Å². The van der Waals surface area contributed by atoms with E-state index in [2.05, 4.69) is 25.7 Å². The predicted octanol–water partition coefficient (Wildman–Crippen LogP) is 5.15. The first-order chi connectivity index (χ1) is 16.7. The maximum atomic E-state index is 5.29. The summed E-state index contributed by atoms with van der Waals surface area (Å²) in [6, 6.07) is 25.3. The van der Waals surface area contributed by atoms with Crippen LogP contribution in [0.2, 0.25) is 0 Å². The third kappa shape index (κ3) is 4.42. The lowest BCUT2D eigenvalue weighted by molar-refractivity contribution is 0.414. The van der Waals surface area contributed by atoms with Gasteiger partial charge in [-0.2, -0.15) is 5.10 Å². The first kappa shape index (κ1) is 21.1. The molecular weight excluding hydrogens is 428 g/mol. The number of methoxy groups -OCH3 is 2. The van der Waals surface area contributed by atoms with Gasteiger partial charge in [0.25, 0.3) is 5.95 Å². The zero-order chi connectivity index (χ0) is 23.3. The van der Waals surface area contributed by atoms with Gasteiger partial charge in [0, 0.05) is 22.0 Å². The van der Waals surface area contributed by atoms with Crippen molar-refractivity contribution in [2.75, 3.05) is 19.6 Å². The largest absolute Gasteiger partial charge is 0.497 e. The van der Waals surface area contributed by atoms with Crippen LogP contribution in [-0.2, 0) is 0 Å². The topological polar surface area (TPSA) is 97.3 Å². The Morgan fingerprint density at radius 2 is 1.44 bits per heavy atom. The van der Waals surface area contributed by atoms with E-state index in [9.17, 15) is 0 Å². The van der Waals surface area contributed by atoms with Crippen LogP contribution in [0.3, 0.4) is 0 Å². The summed E-state index contributed by atoms with van der Waals surface area (Å²) in [5, 5.41) is 14.1. The summed E-state index contributed by atoms with van der Waals surface area (Å²) >= 11 is 0. The second-order valence-corrected chi connectivity index (χ2v) is 7.47. The molecule has 0 fully saturated rings. The summed E-state index contributed by atoms with van der Waals surface area (Å²) in [5.74, 6) is 1.81. The van der Waals surface area contributed by atoms with E-state index in [0.29, 0.717) is 11.4 Å². The summed E-state index contributed by atoms with van der Waals surface area (Å²) in [6.45, 7) is 0. The Balaban J connectivity index is 1.46. The number of nitrogens with zero attached hydrogens (tertiary/aromatic N) is 4. The Bertz CT molecular complexity index is 1410. The van der Waals surface area contributed by atoms with Crippen LogP contribution >= 0.6 is 0 Å². The van der Waals surface area contributed by atoms with E-state index in [1.807, 2.05) is 78.9 Å². The molecule has 0 amide bonds. The number of rotatable bonds is 7. The minimum Gasteiger partial charge on any atom is -0.497 e. The van der Waals surface area contributed by atoms with Gasteiger partial charge in [0.05, 0.1) is 26.1 Å². The molecule has 2 aromatic heterocycles. The van der Waals surface area contributed by atoms with Gasteiger partial charge in [-0.1, -0.05) is 18.2 Å². The monoisotopic (exact) mass is 450 g/mol. The molecule has 2 heterocycles.